The van der Waals surface area contributed by atoms with E-state index in [-0.39, 0.29) is 12.5 Å². The minimum atomic E-state index is -0.0306. The molecule has 1 aromatic carbocycles. The number of para-hydroxylation sites is 1. The van der Waals surface area contributed by atoms with Gasteiger partial charge in [-0.05, 0) is 38.7 Å². The third-order valence-electron chi connectivity index (χ3n) is 4.96. The molecule has 0 saturated carbocycles. The molecule has 1 N–H and O–H groups in total. The molecule has 31 heavy (non-hydrogen) atoms. The Morgan fingerprint density at radius 2 is 1.90 bits per heavy atom. The predicted octanol–water partition coefficient (Wildman–Crippen LogP) is 3.71. The van der Waals surface area contributed by atoms with Gasteiger partial charge in [-0.25, -0.2) is 9.97 Å². The van der Waals surface area contributed by atoms with Crippen LogP contribution in [0.2, 0.25) is 0 Å². The molecule has 8 heteroatoms. The topological polar surface area (TPSA) is 75.9 Å². The van der Waals surface area contributed by atoms with Crippen molar-refractivity contribution in [1.29, 1.82) is 0 Å². The van der Waals surface area contributed by atoms with Gasteiger partial charge in [-0.2, -0.15) is 5.10 Å². The maximum absolute atomic E-state index is 12.4. The molecule has 164 valence electrons. The van der Waals surface area contributed by atoms with Gasteiger partial charge in [0.15, 0.2) is 5.16 Å². The van der Waals surface area contributed by atoms with E-state index in [0.29, 0.717) is 6.54 Å². The fourth-order valence-electron chi connectivity index (χ4n) is 3.53. The molecule has 2 aromatic heterocycles. The summed E-state index contributed by atoms with van der Waals surface area (Å²) in [5.41, 5.74) is 5.12. The van der Waals surface area contributed by atoms with Crippen LogP contribution < -0.4 is 10.2 Å². The van der Waals surface area contributed by atoms with Crippen LogP contribution in [-0.2, 0) is 11.3 Å². The van der Waals surface area contributed by atoms with Gasteiger partial charge in [0.1, 0.15) is 6.54 Å². The van der Waals surface area contributed by atoms with Gasteiger partial charge >= 0.3 is 0 Å². The number of thioether (sulfide) groups is 1. The van der Waals surface area contributed by atoms with Crippen LogP contribution in [0.1, 0.15) is 24.7 Å². The standard InChI is InChI=1S/C23H30N6OS/c1-5-11-28(12-10-24-22(30)16-29-18(3)13-17(2)27-29)21-9-7-6-8-20(21)19-14-25-23(31-4)26-15-19/h6-9,13-15H,5,10-12,16H2,1-4H3,(H,24,30). The number of aryl methyl sites for hydroxylation is 2. The molecule has 0 radical (unpaired) electrons. The first-order valence-corrected chi connectivity index (χ1v) is 11.7. The first-order valence-electron chi connectivity index (χ1n) is 10.5. The lowest BCUT2D eigenvalue weighted by atomic mass is 10.1. The van der Waals surface area contributed by atoms with Crippen LogP contribution in [0.25, 0.3) is 11.1 Å². The quantitative estimate of drug-likeness (QED) is 0.384. The molecular formula is C23H30N6OS. The number of anilines is 1. The average Bonchev–Trinajstić information content (AvgIpc) is 3.09. The van der Waals surface area contributed by atoms with Gasteiger partial charge in [-0.3, -0.25) is 9.48 Å². The Balaban J connectivity index is 1.67. The highest BCUT2D eigenvalue weighted by Gasteiger charge is 2.13. The summed E-state index contributed by atoms with van der Waals surface area (Å²) >= 11 is 1.53. The predicted molar refractivity (Wildman–Crippen MR) is 126 cm³/mol. The summed E-state index contributed by atoms with van der Waals surface area (Å²) in [5, 5.41) is 8.15. The molecular weight excluding hydrogens is 408 g/mol. The summed E-state index contributed by atoms with van der Waals surface area (Å²) in [6, 6.07) is 10.3. The molecule has 3 aromatic rings. The third kappa shape index (κ3) is 6.07. The van der Waals surface area contributed by atoms with Crippen molar-refractivity contribution in [2.24, 2.45) is 0 Å². The minimum Gasteiger partial charge on any atom is -0.369 e. The summed E-state index contributed by atoms with van der Waals surface area (Å²) in [6.07, 6.45) is 6.72. The van der Waals surface area contributed by atoms with Crippen LogP contribution >= 0.6 is 11.8 Å². The van der Waals surface area contributed by atoms with Gasteiger partial charge in [-0.15, -0.1) is 0 Å². The lowest BCUT2D eigenvalue weighted by Gasteiger charge is -2.27. The van der Waals surface area contributed by atoms with Crippen LogP contribution in [0.5, 0.6) is 0 Å². The van der Waals surface area contributed by atoms with E-state index in [2.05, 4.69) is 44.3 Å². The van der Waals surface area contributed by atoms with Crippen molar-refractivity contribution in [2.75, 3.05) is 30.8 Å². The van der Waals surface area contributed by atoms with Crippen molar-refractivity contribution in [3.8, 4) is 11.1 Å². The molecule has 0 saturated heterocycles. The lowest BCUT2D eigenvalue weighted by Crippen LogP contribution is -2.37. The first kappa shape index (κ1) is 22.8. The molecule has 0 fully saturated rings. The second-order valence-corrected chi connectivity index (χ2v) is 8.17. The summed E-state index contributed by atoms with van der Waals surface area (Å²) in [5.74, 6) is -0.0306. The average molecular weight is 439 g/mol. The Bertz CT molecular complexity index is 1000. The molecule has 0 aliphatic carbocycles. The van der Waals surface area contributed by atoms with Gasteiger partial charge in [-0.1, -0.05) is 36.9 Å². The number of hydrogen-bond acceptors (Lipinski definition) is 6. The summed E-state index contributed by atoms with van der Waals surface area (Å²) < 4.78 is 1.74. The number of nitrogens with zero attached hydrogens (tertiary/aromatic N) is 5. The van der Waals surface area contributed by atoms with Crippen LogP contribution in [0, 0.1) is 13.8 Å². The van der Waals surface area contributed by atoms with E-state index < -0.39 is 0 Å². The molecule has 7 nitrogen and oxygen atoms in total. The summed E-state index contributed by atoms with van der Waals surface area (Å²) in [4.78, 5) is 23.5. The number of rotatable bonds is 10. The number of carbonyl (C=O) groups is 1. The molecule has 0 aliphatic heterocycles. The molecule has 0 spiro atoms. The fourth-order valence-corrected chi connectivity index (χ4v) is 3.85. The van der Waals surface area contributed by atoms with Crippen LogP contribution in [0.15, 0.2) is 47.9 Å². The van der Waals surface area contributed by atoms with E-state index in [0.717, 1.165) is 52.9 Å². The number of nitrogens with one attached hydrogen (secondary N) is 1. The Morgan fingerprint density at radius 1 is 1.16 bits per heavy atom. The molecule has 0 bridgehead atoms. The fraction of sp³-hybridized carbons (Fsp3) is 0.391. The highest BCUT2D eigenvalue weighted by Crippen LogP contribution is 2.30. The van der Waals surface area contributed by atoms with E-state index in [1.54, 1.807) is 4.68 Å². The lowest BCUT2D eigenvalue weighted by molar-refractivity contribution is -0.121. The molecule has 2 heterocycles. The number of hydrogen-bond donors (Lipinski definition) is 1. The van der Waals surface area contributed by atoms with E-state index in [1.165, 1.54) is 11.8 Å². The van der Waals surface area contributed by atoms with E-state index >= 15 is 0 Å². The summed E-state index contributed by atoms with van der Waals surface area (Å²) in [7, 11) is 0. The monoisotopic (exact) mass is 438 g/mol. The van der Waals surface area contributed by atoms with Gasteiger partial charge in [0, 0.05) is 54.5 Å². The number of aromatic nitrogens is 4. The smallest absolute Gasteiger partial charge is 0.241 e. The normalized spacial score (nSPS) is 10.8. The zero-order chi connectivity index (χ0) is 22.2. The highest BCUT2D eigenvalue weighted by molar-refractivity contribution is 7.98. The van der Waals surface area contributed by atoms with Crippen molar-refractivity contribution >= 4 is 23.4 Å². The van der Waals surface area contributed by atoms with Gasteiger partial charge in [0.05, 0.1) is 5.69 Å². The molecule has 3 rings (SSSR count). The van der Waals surface area contributed by atoms with Crippen molar-refractivity contribution in [2.45, 2.75) is 38.9 Å². The largest absolute Gasteiger partial charge is 0.369 e. The van der Waals surface area contributed by atoms with Gasteiger partial charge in [0.2, 0.25) is 5.91 Å². The second kappa shape index (κ2) is 10.9. The molecule has 0 atom stereocenters. The Hall–Kier alpha value is -2.87. The van der Waals surface area contributed by atoms with Crippen molar-refractivity contribution in [1.82, 2.24) is 25.1 Å². The van der Waals surface area contributed by atoms with Gasteiger partial charge < -0.3 is 10.2 Å². The van der Waals surface area contributed by atoms with E-state index in [9.17, 15) is 4.79 Å². The van der Waals surface area contributed by atoms with Crippen LogP contribution in [-0.4, -0.2) is 51.5 Å². The molecule has 0 unspecified atom stereocenters. The van der Waals surface area contributed by atoms with Crippen LogP contribution in [0.3, 0.4) is 0 Å². The first-order chi connectivity index (χ1) is 15.0. The third-order valence-corrected chi connectivity index (χ3v) is 5.54. The zero-order valence-electron chi connectivity index (χ0n) is 18.6. The molecule has 0 aliphatic rings. The number of amides is 1. The zero-order valence-corrected chi connectivity index (χ0v) is 19.4. The Kier molecular flexibility index (Phi) is 8.06. The summed E-state index contributed by atoms with van der Waals surface area (Å²) in [6.45, 7) is 8.47. The van der Waals surface area contributed by atoms with Crippen molar-refractivity contribution in [3.63, 3.8) is 0 Å². The van der Waals surface area contributed by atoms with E-state index in [1.807, 2.05) is 50.7 Å². The maximum atomic E-state index is 12.4. The van der Waals surface area contributed by atoms with Gasteiger partial charge in [0.25, 0.3) is 0 Å². The van der Waals surface area contributed by atoms with E-state index in [4.69, 9.17) is 0 Å². The highest BCUT2D eigenvalue weighted by atomic mass is 32.2. The SMILES string of the molecule is CCCN(CCNC(=O)Cn1nc(C)cc1C)c1ccccc1-c1cnc(SC)nc1. The maximum Gasteiger partial charge on any atom is 0.241 e. The van der Waals surface area contributed by atoms with Crippen molar-refractivity contribution in [3.05, 3.63) is 54.1 Å². The Morgan fingerprint density at radius 3 is 2.55 bits per heavy atom. The minimum absolute atomic E-state index is 0.0306. The van der Waals surface area contributed by atoms with Crippen molar-refractivity contribution < 1.29 is 4.79 Å². The van der Waals surface area contributed by atoms with Crippen LogP contribution in [0.4, 0.5) is 5.69 Å². The number of benzene rings is 1. The Labute approximate surface area is 188 Å². The number of carbonyl (C=O) groups excluding carboxylic acids is 1. The second-order valence-electron chi connectivity index (χ2n) is 7.40. The molecule has 1 amide bonds.